The molecule has 7 nitrogen and oxygen atoms in total. The number of hydrogen-bond donors (Lipinski definition) is 3. The number of anilines is 1. The Kier molecular flexibility index (Phi) is 6.54. The first kappa shape index (κ1) is 20.0. The van der Waals surface area contributed by atoms with Gasteiger partial charge in [0.25, 0.3) is 5.91 Å². The summed E-state index contributed by atoms with van der Waals surface area (Å²) in [6, 6.07) is 13.0. The smallest absolute Gasteiger partial charge is 0.343 e. The Morgan fingerprint density at radius 3 is 2.19 bits per heavy atom. The van der Waals surface area contributed by atoms with Crippen molar-refractivity contribution in [2.75, 3.05) is 12.4 Å². The lowest BCUT2D eigenvalue weighted by molar-refractivity contribution is 0.0733. The van der Waals surface area contributed by atoms with Gasteiger partial charge in [0.15, 0.2) is 5.96 Å². The van der Waals surface area contributed by atoms with Crippen LogP contribution in [0.2, 0.25) is 0 Å². The van der Waals surface area contributed by atoms with Crippen LogP contribution in [0.3, 0.4) is 0 Å². The molecule has 1 amide bonds. The minimum Gasteiger partial charge on any atom is -0.423 e. The van der Waals surface area contributed by atoms with E-state index in [0.717, 1.165) is 6.42 Å². The molecule has 1 atom stereocenters. The van der Waals surface area contributed by atoms with Crippen LogP contribution < -0.4 is 15.8 Å². The fraction of sp³-hybridized carbons (Fsp3) is 0.250. The van der Waals surface area contributed by atoms with Crippen LogP contribution in [0.1, 0.15) is 41.0 Å². The maximum Gasteiger partial charge on any atom is 0.343 e. The van der Waals surface area contributed by atoms with Crippen LogP contribution in [0.25, 0.3) is 0 Å². The van der Waals surface area contributed by atoms with Crippen molar-refractivity contribution >= 4 is 23.5 Å². The highest BCUT2D eigenvalue weighted by atomic mass is 16.5. The maximum atomic E-state index is 12.4. The molecule has 0 saturated carbocycles. The summed E-state index contributed by atoms with van der Waals surface area (Å²) in [5, 5.41) is 9.81. The molecule has 0 aliphatic heterocycles. The number of nitrogens with two attached hydrogens (primary N) is 1. The molecule has 0 aliphatic carbocycles. The Labute approximate surface area is 158 Å². The summed E-state index contributed by atoms with van der Waals surface area (Å²) >= 11 is 0. The molecule has 27 heavy (non-hydrogen) atoms. The van der Waals surface area contributed by atoms with Crippen molar-refractivity contribution < 1.29 is 14.3 Å². The quantitative estimate of drug-likeness (QED) is 0.314. The van der Waals surface area contributed by atoms with Gasteiger partial charge in [-0.2, -0.15) is 0 Å². The van der Waals surface area contributed by atoms with Crippen LogP contribution >= 0.6 is 0 Å². The van der Waals surface area contributed by atoms with Crippen LogP contribution in [0.4, 0.5) is 5.69 Å². The highest BCUT2D eigenvalue weighted by Crippen LogP contribution is 2.17. The largest absolute Gasteiger partial charge is 0.423 e. The van der Waals surface area contributed by atoms with Gasteiger partial charge in [-0.3, -0.25) is 10.2 Å². The van der Waals surface area contributed by atoms with E-state index in [1.807, 2.05) is 13.8 Å². The topological polar surface area (TPSA) is 109 Å². The van der Waals surface area contributed by atoms with Crippen molar-refractivity contribution in [2.45, 2.75) is 26.3 Å². The molecular formula is C20H24N4O3. The number of esters is 1. The number of carbonyl (C=O) groups is 2. The van der Waals surface area contributed by atoms with E-state index < -0.39 is 5.97 Å². The molecule has 1 unspecified atom stereocenters. The summed E-state index contributed by atoms with van der Waals surface area (Å²) in [6.07, 6.45) is 0.874. The standard InChI is InChI=1S/C20H24N4O3/c1-4-13(2)24(3)18(25)14-7-11-17(12-8-14)27-19(26)15-5-9-16(10-6-15)23-20(21)22/h5-13H,4H2,1-3H3,(H4,21,22,23). The molecule has 0 radical (unpaired) electrons. The van der Waals surface area contributed by atoms with Gasteiger partial charge in [0, 0.05) is 24.3 Å². The third kappa shape index (κ3) is 5.31. The number of hydrogen-bond acceptors (Lipinski definition) is 4. The molecule has 4 N–H and O–H groups in total. The third-order valence-corrected chi connectivity index (χ3v) is 4.28. The van der Waals surface area contributed by atoms with Crippen molar-refractivity contribution in [2.24, 2.45) is 5.73 Å². The van der Waals surface area contributed by atoms with E-state index in [1.54, 1.807) is 60.5 Å². The molecule has 0 heterocycles. The first-order valence-corrected chi connectivity index (χ1v) is 8.62. The number of guanidine groups is 1. The van der Waals surface area contributed by atoms with E-state index in [2.05, 4.69) is 5.32 Å². The summed E-state index contributed by atoms with van der Waals surface area (Å²) in [5.41, 5.74) is 6.76. The van der Waals surface area contributed by atoms with Crippen LogP contribution in [-0.2, 0) is 0 Å². The molecule has 2 aromatic carbocycles. The number of ether oxygens (including phenoxy) is 1. The zero-order valence-corrected chi connectivity index (χ0v) is 15.7. The predicted molar refractivity (Wildman–Crippen MR) is 105 cm³/mol. The number of carbonyl (C=O) groups excluding carboxylic acids is 2. The minimum absolute atomic E-state index is 0.0733. The Morgan fingerprint density at radius 1 is 1.11 bits per heavy atom. The van der Waals surface area contributed by atoms with Crippen LogP contribution in [0.15, 0.2) is 48.5 Å². The fourth-order valence-corrected chi connectivity index (χ4v) is 2.35. The van der Waals surface area contributed by atoms with Crippen molar-refractivity contribution in [3.05, 3.63) is 59.7 Å². The van der Waals surface area contributed by atoms with E-state index in [9.17, 15) is 9.59 Å². The first-order chi connectivity index (χ1) is 12.8. The van der Waals surface area contributed by atoms with Gasteiger partial charge in [-0.1, -0.05) is 6.92 Å². The van der Waals surface area contributed by atoms with E-state index in [-0.39, 0.29) is 17.9 Å². The fourth-order valence-electron chi connectivity index (χ4n) is 2.35. The second kappa shape index (κ2) is 8.84. The molecule has 142 valence electrons. The summed E-state index contributed by atoms with van der Waals surface area (Å²) in [7, 11) is 1.77. The van der Waals surface area contributed by atoms with Gasteiger partial charge < -0.3 is 20.7 Å². The van der Waals surface area contributed by atoms with Crippen LogP contribution in [0.5, 0.6) is 5.75 Å². The van der Waals surface area contributed by atoms with Crippen molar-refractivity contribution in [3.63, 3.8) is 0 Å². The van der Waals surface area contributed by atoms with Crippen LogP contribution in [-0.4, -0.2) is 35.8 Å². The van der Waals surface area contributed by atoms with E-state index in [1.165, 1.54) is 0 Å². The van der Waals surface area contributed by atoms with Gasteiger partial charge in [-0.25, -0.2) is 4.79 Å². The number of amides is 1. The molecular weight excluding hydrogens is 344 g/mol. The molecule has 2 aromatic rings. The lowest BCUT2D eigenvalue weighted by Crippen LogP contribution is -2.34. The van der Waals surface area contributed by atoms with Gasteiger partial charge in [-0.05, 0) is 61.9 Å². The molecule has 0 aliphatic rings. The average molecular weight is 368 g/mol. The average Bonchev–Trinajstić information content (AvgIpc) is 2.66. The molecule has 0 spiro atoms. The highest BCUT2D eigenvalue weighted by Gasteiger charge is 2.16. The second-order valence-corrected chi connectivity index (χ2v) is 6.20. The van der Waals surface area contributed by atoms with E-state index in [0.29, 0.717) is 22.6 Å². The molecule has 7 heteroatoms. The van der Waals surface area contributed by atoms with Gasteiger partial charge in [0.05, 0.1) is 5.56 Å². The van der Waals surface area contributed by atoms with Gasteiger partial charge in [-0.15, -0.1) is 0 Å². The van der Waals surface area contributed by atoms with E-state index >= 15 is 0 Å². The third-order valence-electron chi connectivity index (χ3n) is 4.28. The number of benzene rings is 2. The molecule has 0 aromatic heterocycles. The van der Waals surface area contributed by atoms with Gasteiger partial charge in [0.2, 0.25) is 0 Å². The summed E-state index contributed by atoms with van der Waals surface area (Å²) in [5.74, 6) is -0.413. The summed E-state index contributed by atoms with van der Waals surface area (Å²) in [4.78, 5) is 26.3. The van der Waals surface area contributed by atoms with E-state index in [4.69, 9.17) is 15.9 Å². The summed E-state index contributed by atoms with van der Waals surface area (Å²) < 4.78 is 5.33. The molecule has 0 bridgehead atoms. The lowest BCUT2D eigenvalue weighted by Gasteiger charge is -2.23. The molecule has 2 rings (SSSR count). The normalized spacial score (nSPS) is 11.4. The Balaban J connectivity index is 2.02. The molecule has 0 saturated heterocycles. The number of nitrogens with one attached hydrogen (secondary N) is 2. The Morgan fingerprint density at radius 2 is 1.67 bits per heavy atom. The van der Waals surface area contributed by atoms with Crippen LogP contribution in [0, 0.1) is 5.41 Å². The summed E-state index contributed by atoms with van der Waals surface area (Å²) in [6.45, 7) is 4.02. The number of nitrogens with zero attached hydrogens (tertiary/aromatic N) is 1. The second-order valence-electron chi connectivity index (χ2n) is 6.20. The minimum atomic E-state index is -0.514. The van der Waals surface area contributed by atoms with Crippen molar-refractivity contribution in [3.8, 4) is 5.75 Å². The monoisotopic (exact) mass is 368 g/mol. The van der Waals surface area contributed by atoms with Crippen molar-refractivity contribution in [1.82, 2.24) is 4.90 Å². The lowest BCUT2D eigenvalue weighted by atomic mass is 10.1. The van der Waals surface area contributed by atoms with Gasteiger partial charge >= 0.3 is 5.97 Å². The zero-order chi connectivity index (χ0) is 20.0. The maximum absolute atomic E-state index is 12.4. The first-order valence-electron chi connectivity index (χ1n) is 8.62. The number of rotatable bonds is 6. The molecule has 0 fully saturated rings. The van der Waals surface area contributed by atoms with Gasteiger partial charge in [0.1, 0.15) is 5.75 Å². The predicted octanol–water partition coefficient (Wildman–Crippen LogP) is 3.08. The zero-order valence-electron chi connectivity index (χ0n) is 15.7. The SMILES string of the molecule is CCC(C)N(C)C(=O)c1ccc(OC(=O)c2ccc(NC(=N)N)cc2)cc1. The Hall–Kier alpha value is -3.35. The highest BCUT2D eigenvalue weighted by molar-refractivity contribution is 5.95. The van der Waals surface area contributed by atoms with Crippen molar-refractivity contribution in [1.29, 1.82) is 5.41 Å². The Bertz CT molecular complexity index is 816.